The molecule has 0 aliphatic carbocycles. The predicted molar refractivity (Wildman–Crippen MR) is 92.3 cm³/mol. The molecule has 0 atom stereocenters. The van der Waals surface area contributed by atoms with Crippen LogP contribution in [0.15, 0.2) is 47.6 Å². The van der Waals surface area contributed by atoms with Crippen LogP contribution in [0.1, 0.15) is 5.56 Å². The highest BCUT2D eigenvalue weighted by atomic mass is 16.5. The molecule has 0 bridgehead atoms. The summed E-state index contributed by atoms with van der Waals surface area (Å²) in [5.41, 5.74) is 3.70. The topological polar surface area (TPSA) is 81.2 Å². The Morgan fingerprint density at radius 2 is 1.67 bits per heavy atom. The van der Waals surface area contributed by atoms with Crippen LogP contribution in [-0.2, 0) is 0 Å². The molecule has 2 N–H and O–H groups in total. The molecule has 7 nitrogen and oxygen atoms in total. The highest BCUT2D eigenvalue weighted by molar-refractivity contribution is 5.91. The van der Waals surface area contributed by atoms with Crippen molar-refractivity contribution in [2.75, 3.05) is 26.6 Å². The van der Waals surface area contributed by atoms with E-state index in [0.29, 0.717) is 28.5 Å². The lowest BCUT2D eigenvalue weighted by molar-refractivity contribution is 0.252. The molecule has 24 heavy (non-hydrogen) atoms. The molecule has 0 aliphatic heterocycles. The van der Waals surface area contributed by atoms with Crippen molar-refractivity contribution in [3.63, 3.8) is 0 Å². The maximum absolute atomic E-state index is 11.8. The number of carbonyl (C=O) groups excluding carboxylic acids is 1. The number of hydrogen-bond donors (Lipinski definition) is 2. The second-order valence-corrected chi connectivity index (χ2v) is 4.61. The van der Waals surface area contributed by atoms with Gasteiger partial charge in [0.2, 0.25) is 5.75 Å². The first-order valence-corrected chi connectivity index (χ1v) is 7.13. The lowest BCUT2D eigenvalue weighted by Crippen LogP contribution is -2.24. The van der Waals surface area contributed by atoms with Crippen molar-refractivity contribution in [2.24, 2.45) is 5.10 Å². The number of urea groups is 1. The van der Waals surface area contributed by atoms with Crippen molar-refractivity contribution >= 4 is 17.9 Å². The molecule has 2 aromatic rings. The Bertz CT molecular complexity index is 717. The van der Waals surface area contributed by atoms with Gasteiger partial charge in [-0.25, -0.2) is 10.2 Å². The molecule has 0 radical (unpaired) electrons. The Morgan fingerprint density at radius 3 is 2.29 bits per heavy atom. The second kappa shape index (κ2) is 8.42. The van der Waals surface area contributed by atoms with Crippen LogP contribution in [0.25, 0.3) is 0 Å². The van der Waals surface area contributed by atoms with E-state index >= 15 is 0 Å². The first-order valence-electron chi connectivity index (χ1n) is 7.13. The van der Waals surface area contributed by atoms with Gasteiger partial charge >= 0.3 is 6.03 Å². The minimum atomic E-state index is -0.447. The summed E-state index contributed by atoms with van der Waals surface area (Å²) in [6.45, 7) is 0. The van der Waals surface area contributed by atoms with Crippen LogP contribution in [0.3, 0.4) is 0 Å². The van der Waals surface area contributed by atoms with Crippen LogP contribution in [0.2, 0.25) is 0 Å². The van der Waals surface area contributed by atoms with E-state index < -0.39 is 6.03 Å². The van der Waals surface area contributed by atoms with Crippen LogP contribution >= 0.6 is 0 Å². The van der Waals surface area contributed by atoms with Gasteiger partial charge in [-0.1, -0.05) is 18.2 Å². The number of rotatable bonds is 6. The van der Waals surface area contributed by atoms with Gasteiger partial charge in [-0.15, -0.1) is 0 Å². The first-order chi connectivity index (χ1) is 11.7. The van der Waals surface area contributed by atoms with Crippen molar-refractivity contribution in [1.82, 2.24) is 5.43 Å². The number of carbonyl (C=O) groups is 1. The normalized spacial score (nSPS) is 10.3. The Balaban J connectivity index is 2.07. The van der Waals surface area contributed by atoms with Gasteiger partial charge in [-0.05, 0) is 24.3 Å². The van der Waals surface area contributed by atoms with Gasteiger partial charge in [-0.2, -0.15) is 5.10 Å². The summed E-state index contributed by atoms with van der Waals surface area (Å²) in [7, 11) is 4.58. The lowest BCUT2D eigenvalue weighted by Gasteiger charge is -2.13. The molecule has 0 spiro atoms. The number of hydrazone groups is 1. The third kappa shape index (κ3) is 4.16. The summed E-state index contributed by atoms with van der Waals surface area (Å²) < 4.78 is 15.8. The third-order valence-electron chi connectivity index (χ3n) is 3.14. The fraction of sp³-hybridized carbons (Fsp3) is 0.176. The van der Waals surface area contributed by atoms with E-state index in [2.05, 4.69) is 15.8 Å². The average molecular weight is 329 g/mol. The van der Waals surface area contributed by atoms with E-state index in [9.17, 15) is 4.79 Å². The maximum Gasteiger partial charge on any atom is 0.339 e. The summed E-state index contributed by atoms with van der Waals surface area (Å²) >= 11 is 0. The number of para-hydroxylation sites is 1. The Morgan fingerprint density at radius 1 is 0.958 bits per heavy atom. The molecule has 0 unspecified atom stereocenters. The standard InChI is InChI=1S/C17H19N3O4/c1-22-14-10-9-12(15(23-2)16(14)24-3)11-18-20-17(21)19-13-7-5-4-6-8-13/h4-11H,1-3H3,(H2,19,20,21)/b18-11+. The molecule has 2 amide bonds. The van der Waals surface area contributed by atoms with Crippen LogP contribution in [0, 0.1) is 0 Å². The summed E-state index contributed by atoms with van der Waals surface area (Å²) in [5.74, 6) is 1.46. The largest absolute Gasteiger partial charge is 0.493 e. The zero-order valence-electron chi connectivity index (χ0n) is 13.7. The number of hydrogen-bond acceptors (Lipinski definition) is 5. The van der Waals surface area contributed by atoms with Crippen molar-refractivity contribution < 1.29 is 19.0 Å². The number of methoxy groups -OCH3 is 3. The van der Waals surface area contributed by atoms with E-state index in [1.54, 1.807) is 31.4 Å². The molecular formula is C17H19N3O4. The van der Waals surface area contributed by atoms with Gasteiger partial charge in [0.1, 0.15) is 0 Å². The van der Waals surface area contributed by atoms with Gasteiger partial charge in [0.15, 0.2) is 11.5 Å². The zero-order valence-corrected chi connectivity index (χ0v) is 13.7. The summed E-state index contributed by atoms with van der Waals surface area (Å²) in [5, 5.41) is 6.57. The van der Waals surface area contributed by atoms with Crippen LogP contribution < -0.4 is 25.0 Å². The smallest absolute Gasteiger partial charge is 0.339 e. The Kier molecular flexibility index (Phi) is 6.01. The molecule has 0 fully saturated rings. The molecule has 7 heteroatoms. The monoisotopic (exact) mass is 329 g/mol. The van der Waals surface area contributed by atoms with E-state index in [-0.39, 0.29) is 0 Å². The predicted octanol–water partition coefficient (Wildman–Crippen LogP) is 2.87. The van der Waals surface area contributed by atoms with E-state index in [0.717, 1.165) is 0 Å². The fourth-order valence-corrected chi connectivity index (χ4v) is 2.07. The lowest BCUT2D eigenvalue weighted by atomic mass is 10.2. The third-order valence-corrected chi connectivity index (χ3v) is 3.14. The molecule has 0 aromatic heterocycles. The number of nitrogens with zero attached hydrogens (tertiary/aromatic N) is 1. The van der Waals surface area contributed by atoms with Crippen LogP contribution in [-0.4, -0.2) is 33.6 Å². The second-order valence-electron chi connectivity index (χ2n) is 4.61. The minimum absolute atomic E-state index is 0.447. The van der Waals surface area contributed by atoms with Gasteiger partial charge in [0.25, 0.3) is 0 Å². The van der Waals surface area contributed by atoms with Crippen molar-refractivity contribution in [3.05, 3.63) is 48.0 Å². The van der Waals surface area contributed by atoms with Gasteiger partial charge in [0, 0.05) is 11.3 Å². The highest BCUT2D eigenvalue weighted by Crippen LogP contribution is 2.38. The fourth-order valence-electron chi connectivity index (χ4n) is 2.07. The summed E-state index contributed by atoms with van der Waals surface area (Å²) in [6.07, 6.45) is 1.46. The van der Waals surface area contributed by atoms with Crippen LogP contribution in [0.5, 0.6) is 17.2 Å². The van der Waals surface area contributed by atoms with E-state index in [1.807, 2.05) is 18.2 Å². The molecule has 0 saturated heterocycles. The molecule has 0 saturated carbocycles. The number of benzene rings is 2. The van der Waals surface area contributed by atoms with E-state index in [4.69, 9.17) is 14.2 Å². The molecule has 126 valence electrons. The summed E-state index contributed by atoms with van der Waals surface area (Å²) in [6, 6.07) is 12.1. The van der Waals surface area contributed by atoms with Crippen LogP contribution in [0.4, 0.5) is 10.5 Å². The Hall–Kier alpha value is -3.22. The van der Waals surface area contributed by atoms with Gasteiger partial charge in [-0.3, -0.25) is 0 Å². The maximum atomic E-state index is 11.8. The van der Waals surface area contributed by atoms with Crippen molar-refractivity contribution in [1.29, 1.82) is 0 Å². The zero-order chi connectivity index (χ0) is 17.4. The number of anilines is 1. The summed E-state index contributed by atoms with van der Waals surface area (Å²) in [4.78, 5) is 11.8. The molecule has 2 aromatic carbocycles. The Labute approximate surface area is 140 Å². The van der Waals surface area contributed by atoms with E-state index in [1.165, 1.54) is 20.4 Å². The first kappa shape index (κ1) is 17.1. The highest BCUT2D eigenvalue weighted by Gasteiger charge is 2.14. The quantitative estimate of drug-likeness (QED) is 0.631. The SMILES string of the molecule is COc1ccc(/C=N/NC(=O)Nc2ccccc2)c(OC)c1OC. The molecule has 0 aliphatic rings. The molecule has 2 rings (SSSR count). The van der Waals surface area contributed by atoms with Gasteiger partial charge in [0.05, 0.1) is 27.5 Å². The van der Waals surface area contributed by atoms with Gasteiger partial charge < -0.3 is 19.5 Å². The molecular weight excluding hydrogens is 310 g/mol. The minimum Gasteiger partial charge on any atom is -0.493 e. The number of nitrogens with one attached hydrogen (secondary N) is 2. The average Bonchev–Trinajstić information content (AvgIpc) is 2.61. The van der Waals surface area contributed by atoms with Crippen molar-refractivity contribution in [3.8, 4) is 17.2 Å². The number of ether oxygens (including phenoxy) is 3. The molecule has 0 heterocycles. The van der Waals surface area contributed by atoms with Crippen molar-refractivity contribution in [2.45, 2.75) is 0 Å². The number of amides is 2.